The van der Waals surface area contributed by atoms with Crippen molar-refractivity contribution in [3.8, 4) is 5.75 Å². The summed E-state index contributed by atoms with van der Waals surface area (Å²) in [5, 5.41) is 0. The third kappa shape index (κ3) is 1.59. The lowest BCUT2D eigenvalue weighted by Crippen LogP contribution is -2.32. The van der Waals surface area contributed by atoms with Gasteiger partial charge in [0.1, 0.15) is 11.6 Å². The monoisotopic (exact) mass is 223 g/mol. The van der Waals surface area contributed by atoms with Gasteiger partial charge >= 0.3 is 0 Å². The molecule has 2 N–H and O–H groups in total. The second-order valence-electron chi connectivity index (χ2n) is 4.75. The maximum Gasteiger partial charge on any atom is 0.126 e. The molecule has 0 spiro atoms. The number of ether oxygens (including phenoxy) is 1. The van der Waals surface area contributed by atoms with Crippen molar-refractivity contribution in [2.24, 2.45) is 5.73 Å². The van der Waals surface area contributed by atoms with Gasteiger partial charge in [0, 0.05) is 17.0 Å². The summed E-state index contributed by atoms with van der Waals surface area (Å²) < 4.78 is 19.0. The Morgan fingerprint density at radius 1 is 1.44 bits per heavy atom. The van der Waals surface area contributed by atoms with E-state index in [-0.39, 0.29) is 17.3 Å². The van der Waals surface area contributed by atoms with E-state index in [0.717, 1.165) is 24.2 Å². The maximum absolute atomic E-state index is 13.6. The van der Waals surface area contributed by atoms with E-state index in [0.29, 0.717) is 5.56 Å². The second-order valence-corrected chi connectivity index (χ2v) is 4.75. The first kappa shape index (κ1) is 11.4. The minimum atomic E-state index is -0.178. The van der Waals surface area contributed by atoms with Gasteiger partial charge in [-0.3, -0.25) is 0 Å². The predicted molar refractivity (Wildman–Crippen MR) is 62.3 cm³/mol. The van der Waals surface area contributed by atoms with Gasteiger partial charge in [-0.2, -0.15) is 0 Å². The van der Waals surface area contributed by atoms with Crippen LogP contribution in [0.5, 0.6) is 5.75 Å². The fourth-order valence-corrected chi connectivity index (χ4v) is 2.32. The molecule has 1 aromatic carbocycles. The highest BCUT2D eigenvalue weighted by molar-refractivity contribution is 5.47. The Hall–Kier alpha value is -1.09. The molecule has 0 aliphatic heterocycles. The molecule has 1 fully saturated rings. The van der Waals surface area contributed by atoms with Gasteiger partial charge in [-0.1, -0.05) is 0 Å². The molecule has 1 unspecified atom stereocenters. The fourth-order valence-electron chi connectivity index (χ4n) is 2.32. The van der Waals surface area contributed by atoms with Crippen molar-refractivity contribution < 1.29 is 9.13 Å². The van der Waals surface area contributed by atoms with Crippen LogP contribution in [0.1, 0.15) is 30.9 Å². The molecule has 0 bridgehead atoms. The lowest BCUT2D eigenvalue weighted by Gasteiger charge is -2.23. The van der Waals surface area contributed by atoms with E-state index in [1.54, 1.807) is 26.2 Å². The van der Waals surface area contributed by atoms with E-state index in [9.17, 15) is 4.39 Å². The van der Waals surface area contributed by atoms with Crippen molar-refractivity contribution in [3.05, 3.63) is 29.1 Å². The smallest absolute Gasteiger partial charge is 0.126 e. The molecule has 1 atom stereocenters. The summed E-state index contributed by atoms with van der Waals surface area (Å²) in [6, 6.07) is 3.38. The zero-order chi connectivity index (χ0) is 11.9. The number of nitrogens with two attached hydrogens (primary N) is 1. The van der Waals surface area contributed by atoms with Crippen molar-refractivity contribution in [1.82, 2.24) is 0 Å². The first-order valence-corrected chi connectivity index (χ1v) is 5.61. The van der Waals surface area contributed by atoms with Gasteiger partial charge in [-0.15, -0.1) is 0 Å². The van der Waals surface area contributed by atoms with Crippen LogP contribution >= 0.6 is 0 Å². The van der Waals surface area contributed by atoms with Crippen LogP contribution in [-0.2, 0) is 5.41 Å². The molecule has 0 saturated heterocycles. The molecule has 1 aliphatic carbocycles. The van der Waals surface area contributed by atoms with E-state index < -0.39 is 0 Å². The molecule has 1 saturated carbocycles. The quantitative estimate of drug-likeness (QED) is 0.854. The summed E-state index contributed by atoms with van der Waals surface area (Å²) in [5.41, 5.74) is 7.47. The number of rotatable bonds is 3. The van der Waals surface area contributed by atoms with Crippen LogP contribution in [0, 0.1) is 12.7 Å². The van der Waals surface area contributed by atoms with Gasteiger partial charge in [-0.05, 0) is 44.4 Å². The van der Waals surface area contributed by atoms with E-state index in [1.165, 1.54) is 0 Å². The molecule has 0 heterocycles. The van der Waals surface area contributed by atoms with E-state index in [4.69, 9.17) is 10.5 Å². The molecule has 1 aromatic rings. The highest BCUT2D eigenvalue weighted by Gasteiger charge is 2.49. The van der Waals surface area contributed by atoms with E-state index in [1.807, 2.05) is 6.92 Å². The van der Waals surface area contributed by atoms with Crippen molar-refractivity contribution in [2.45, 2.75) is 38.1 Å². The molecule has 1 aliphatic rings. The molecule has 2 nitrogen and oxygen atoms in total. The third-order valence-corrected chi connectivity index (χ3v) is 3.68. The van der Waals surface area contributed by atoms with Gasteiger partial charge < -0.3 is 10.5 Å². The topological polar surface area (TPSA) is 35.2 Å². The average molecular weight is 223 g/mol. The minimum Gasteiger partial charge on any atom is -0.496 e. The van der Waals surface area contributed by atoms with Crippen LogP contribution in [0.2, 0.25) is 0 Å². The second kappa shape index (κ2) is 3.74. The fraction of sp³-hybridized carbons (Fsp3) is 0.538. The summed E-state index contributed by atoms with van der Waals surface area (Å²) in [5.74, 6) is 0.580. The van der Waals surface area contributed by atoms with Crippen molar-refractivity contribution in [1.29, 1.82) is 0 Å². The number of benzene rings is 1. The van der Waals surface area contributed by atoms with Crippen LogP contribution < -0.4 is 10.5 Å². The molecule has 0 radical (unpaired) electrons. The number of halogens is 1. The highest BCUT2D eigenvalue weighted by Crippen LogP contribution is 2.53. The SMILES string of the molecule is COc1cc(C)c(F)cc1C1(C(C)N)CC1. The van der Waals surface area contributed by atoms with Crippen molar-refractivity contribution in [3.63, 3.8) is 0 Å². The number of methoxy groups -OCH3 is 1. The van der Waals surface area contributed by atoms with Crippen LogP contribution in [0.3, 0.4) is 0 Å². The first-order chi connectivity index (χ1) is 7.51. The summed E-state index contributed by atoms with van der Waals surface area (Å²) in [4.78, 5) is 0. The van der Waals surface area contributed by atoms with Gasteiger partial charge in [0.2, 0.25) is 0 Å². The van der Waals surface area contributed by atoms with Crippen molar-refractivity contribution in [2.75, 3.05) is 7.11 Å². The predicted octanol–water partition coefficient (Wildman–Crippen LogP) is 2.52. The molecule has 3 heteroatoms. The van der Waals surface area contributed by atoms with Crippen molar-refractivity contribution >= 4 is 0 Å². The van der Waals surface area contributed by atoms with Crippen LogP contribution in [0.25, 0.3) is 0 Å². The first-order valence-electron chi connectivity index (χ1n) is 5.61. The van der Waals surface area contributed by atoms with Crippen LogP contribution in [-0.4, -0.2) is 13.2 Å². The summed E-state index contributed by atoms with van der Waals surface area (Å²) in [7, 11) is 1.62. The highest BCUT2D eigenvalue weighted by atomic mass is 19.1. The minimum absolute atomic E-state index is 0.0310. The molecule has 2 rings (SSSR count). The summed E-state index contributed by atoms with van der Waals surface area (Å²) in [6.07, 6.45) is 2.03. The number of hydrogen-bond acceptors (Lipinski definition) is 2. The van der Waals surface area contributed by atoms with Crippen LogP contribution in [0.4, 0.5) is 4.39 Å². The number of aryl methyl sites for hydroxylation is 1. The number of hydrogen-bond donors (Lipinski definition) is 1. The Labute approximate surface area is 95.6 Å². The molecule has 0 amide bonds. The molecular formula is C13H18FNO. The third-order valence-electron chi connectivity index (χ3n) is 3.68. The summed E-state index contributed by atoms with van der Waals surface area (Å²) >= 11 is 0. The van der Waals surface area contributed by atoms with Crippen LogP contribution in [0.15, 0.2) is 12.1 Å². The Morgan fingerprint density at radius 3 is 2.50 bits per heavy atom. The average Bonchev–Trinajstić information content (AvgIpc) is 3.02. The Balaban J connectivity index is 2.52. The zero-order valence-corrected chi connectivity index (χ0v) is 10.0. The maximum atomic E-state index is 13.6. The lowest BCUT2D eigenvalue weighted by molar-refractivity contribution is 0.396. The van der Waals surface area contributed by atoms with E-state index in [2.05, 4.69) is 0 Å². The largest absolute Gasteiger partial charge is 0.496 e. The zero-order valence-electron chi connectivity index (χ0n) is 10.0. The molecule has 0 aromatic heterocycles. The Kier molecular flexibility index (Phi) is 2.66. The summed E-state index contributed by atoms with van der Waals surface area (Å²) in [6.45, 7) is 3.72. The van der Waals surface area contributed by atoms with Gasteiger partial charge in [0.15, 0.2) is 0 Å². The lowest BCUT2D eigenvalue weighted by atomic mass is 9.88. The Morgan fingerprint density at radius 2 is 2.06 bits per heavy atom. The molecule has 16 heavy (non-hydrogen) atoms. The van der Waals surface area contributed by atoms with Gasteiger partial charge in [-0.25, -0.2) is 4.39 Å². The van der Waals surface area contributed by atoms with E-state index >= 15 is 0 Å². The normalized spacial score (nSPS) is 19.3. The Bertz CT molecular complexity index is 411. The molecular weight excluding hydrogens is 205 g/mol. The van der Waals surface area contributed by atoms with Gasteiger partial charge in [0.05, 0.1) is 7.11 Å². The van der Waals surface area contributed by atoms with Gasteiger partial charge in [0.25, 0.3) is 0 Å². The standard InChI is InChI=1S/C13H18FNO/c1-8-6-12(16-3)10(7-11(8)14)13(4-5-13)9(2)15/h6-7,9H,4-5,15H2,1-3H3. The molecule has 88 valence electrons.